The molecule has 0 spiro atoms. The zero-order chi connectivity index (χ0) is 15.8. The van der Waals surface area contributed by atoms with Crippen LogP contribution < -0.4 is 11.4 Å². The van der Waals surface area contributed by atoms with E-state index in [1.54, 1.807) is 0 Å². The average molecular weight is 298 g/mol. The molecule has 0 unspecified atom stereocenters. The molecule has 0 saturated carbocycles. The van der Waals surface area contributed by atoms with E-state index in [0.717, 1.165) is 10.8 Å². The van der Waals surface area contributed by atoms with Crippen LogP contribution in [0.2, 0.25) is 0 Å². The summed E-state index contributed by atoms with van der Waals surface area (Å²) in [6.45, 7) is -0.731. The number of nitrogen functional groups attached to an aromatic ring is 1. The zero-order valence-electron chi connectivity index (χ0n) is 10.7. The molecular formula is C11H14N4O6. The van der Waals surface area contributed by atoms with E-state index in [1.165, 1.54) is 12.1 Å². The van der Waals surface area contributed by atoms with Crippen molar-refractivity contribution in [2.75, 3.05) is 12.3 Å². The van der Waals surface area contributed by atoms with Gasteiger partial charge in [-0.15, -0.1) is 0 Å². The topological polar surface area (TPSA) is 175 Å². The van der Waals surface area contributed by atoms with Crippen molar-refractivity contribution in [3.8, 4) is 6.07 Å². The summed E-state index contributed by atoms with van der Waals surface area (Å²) in [7, 11) is 0. The minimum Gasteiger partial charge on any atom is -0.394 e. The molecule has 0 radical (unpaired) electrons. The molecule has 1 fully saturated rings. The molecule has 2 heterocycles. The summed E-state index contributed by atoms with van der Waals surface area (Å²) in [6, 6.07) is 2.63. The molecule has 1 aliphatic heterocycles. The van der Waals surface area contributed by atoms with E-state index in [9.17, 15) is 20.1 Å². The molecule has 114 valence electrons. The normalized spacial score (nSPS) is 36.1. The minimum absolute atomic E-state index is 0.0594. The van der Waals surface area contributed by atoms with Gasteiger partial charge in [0.2, 0.25) is 5.60 Å². The second-order valence-corrected chi connectivity index (χ2v) is 4.62. The first-order chi connectivity index (χ1) is 9.85. The van der Waals surface area contributed by atoms with Crippen LogP contribution in [0, 0.1) is 11.3 Å². The third-order valence-corrected chi connectivity index (χ3v) is 3.32. The van der Waals surface area contributed by atoms with E-state index < -0.39 is 42.4 Å². The Hall–Kier alpha value is -2.03. The number of rotatable bonds is 2. The highest BCUT2D eigenvalue weighted by Gasteiger charge is 2.56. The number of aliphatic hydroxyl groups excluding tert-OH is 3. The zero-order valence-corrected chi connectivity index (χ0v) is 10.7. The van der Waals surface area contributed by atoms with Gasteiger partial charge in [0.15, 0.2) is 6.23 Å². The lowest BCUT2D eigenvalue weighted by atomic mass is 9.84. The summed E-state index contributed by atoms with van der Waals surface area (Å²) >= 11 is 0. The molecule has 1 aromatic heterocycles. The lowest BCUT2D eigenvalue weighted by Gasteiger charge is -2.44. The first-order valence-electron chi connectivity index (χ1n) is 5.96. The van der Waals surface area contributed by atoms with Crippen molar-refractivity contribution in [2.45, 2.75) is 30.1 Å². The Labute approximate surface area is 118 Å². The summed E-state index contributed by atoms with van der Waals surface area (Å²) < 4.78 is 5.99. The van der Waals surface area contributed by atoms with Gasteiger partial charge >= 0.3 is 5.69 Å². The predicted molar refractivity (Wildman–Crippen MR) is 66.5 cm³/mol. The standard InChI is InChI=1S/C11H14N4O6/c12-4-11(20)7(17)5(3-16)21-9(8(11)18)15-2-1-6(13)14-10(15)19/h1-2,5,7-9,16-18,20H,3H2,(H2,13,14,19)/t5-,7-,8+,9-,11+/m1/s1. The van der Waals surface area contributed by atoms with Crippen molar-refractivity contribution in [3.05, 3.63) is 22.7 Å². The first kappa shape index (κ1) is 15.4. The van der Waals surface area contributed by atoms with Gasteiger partial charge in [-0.25, -0.2) is 4.79 Å². The predicted octanol–water partition coefficient (Wildman–Crippen LogP) is -3.31. The summed E-state index contributed by atoms with van der Waals surface area (Å²) in [6.07, 6.45) is -5.52. The van der Waals surface area contributed by atoms with Crippen LogP contribution in [0.1, 0.15) is 6.23 Å². The Morgan fingerprint density at radius 3 is 2.71 bits per heavy atom. The van der Waals surface area contributed by atoms with E-state index in [-0.39, 0.29) is 5.82 Å². The van der Waals surface area contributed by atoms with Crippen LogP contribution in [0.4, 0.5) is 5.82 Å². The Morgan fingerprint density at radius 2 is 2.19 bits per heavy atom. The monoisotopic (exact) mass is 298 g/mol. The molecule has 1 aromatic rings. The van der Waals surface area contributed by atoms with Crippen LogP contribution in [-0.4, -0.2) is 60.5 Å². The van der Waals surface area contributed by atoms with Crippen LogP contribution >= 0.6 is 0 Å². The van der Waals surface area contributed by atoms with Crippen molar-refractivity contribution < 1.29 is 25.2 Å². The van der Waals surface area contributed by atoms with Crippen LogP contribution in [0.3, 0.4) is 0 Å². The molecule has 6 N–H and O–H groups in total. The van der Waals surface area contributed by atoms with E-state index in [4.69, 9.17) is 20.8 Å². The number of hydrogen-bond acceptors (Lipinski definition) is 9. The molecule has 10 nitrogen and oxygen atoms in total. The summed E-state index contributed by atoms with van der Waals surface area (Å²) in [4.78, 5) is 15.2. The van der Waals surface area contributed by atoms with Crippen LogP contribution in [-0.2, 0) is 4.74 Å². The highest BCUT2D eigenvalue weighted by atomic mass is 16.6. The molecule has 2 rings (SSSR count). The lowest BCUT2D eigenvalue weighted by molar-refractivity contribution is -0.276. The maximum absolute atomic E-state index is 11.8. The Kier molecular flexibility index (Phi) is 3.95. The second kappa shape index (κ2) is 5.40. The molecule has 1 aliphatic rings. The fourth-order valence-corrected chi connectivity index (χ4v) is 2.12. The summed E-state index contributed by atoms with van der Waals surface area (Å²) in [5.41, 5.74) is 1.84. The largest absolute Gasteiger partial charge is 0.394 e. The van der Waals surface area contributed by atoms with Crippen molar-refractivity contribution >= 4 is 5.82 Å². The number of nitrogens with zero attached hydrogens (tertiary/aromatic N) is 3. The second-order valence-electron chi connectivity index (χ2n) is 4.62. The number of nitriles is 1. The van der Waals surface area contributed by atoms with Gasteiger partial charge in [0, 0.05) is 6.20 Å². The Balaban J connectivity index is 2.49. The lowest BCUT2D eigenvalue weighted by Crippen LogP contribution is -2.65. The van der Waals surface area contributed by atoms with Gasteiger partial charge in [-0.3, -0.25) is 4.57 Å². The number of anilines is 1. The number of ether oxygens (including phenoxy) is 1. The van der Waals surface area contributed by atoms with Crippen molar-refractivity contribution in [1.29, 1.82) is 5.26 Å². The van der Waals surface area contributed by atoms with E-state index in [1.807, 2.05) is 0 Å². The fourth-order valence-electron chi connectivity index (χ4n) is 2.12. The van der Waals surface area contributed by atoms with Gasteiger partial charge in [0.05, 0.1) is 6.61 Å². The molecule has 21 heavy (non-hydrogen) atoms. The Bertz CT molecular complexity index is 628. The number of hydrogen-bond donors (Lipinski definition) is 5. The third-order valence-electron chi connectivity index (χ3n) is 3.32. The molecule has 0 aliphatic carbocycles. The van der Waals surface area contributed by atoms with Crippen molar-refractivity contribution in [2.24, 2.45) is 0 Å². The highest BCUT2D eigenvalue weighted by Crippen LogP contribution is 2.34. The highest BCUT2D eigenvalue weighted by molar-refractivity contribution is 5.24. The smallest absolute Gasteiger partial charge is 0.351 e. The number of aliphatic hydroxyl groups is 4. The SMILES string of the molecule is N#C[C@]1(O)[C@H](O)[C@@H](CO)O[C@@H](n2ccc(N)nc2=O)[C@@H]1O. The van der Waals surface area contributed by atoms with E-state index >= 15 is 0 Å². The van der Waals surface area contributed by atoms with Crippen LogP contribution in [0.5, 0.6) is 0 Å². The summed E-state index contributed by atoms with van der Waals surface area (Å²) in [5, 5.41) is 48.1. The maximum Gasteiger partial charge on any atom is 0.351 e. The first-order valence-corrected chi connectivity index (χ1v) is 5.96. The molecule has 10 heteroatoms. The molecule has 0 amide bonds. The Morgan fingerprint density at radius 1 is 1.52 bits per heavy atom. The quantitative estimate of drug-likeness (QED) is 0.350. The van der Waals surface area contributed by atoms with Gasteiger partial charge in [-0.1, -0.05) is 0 Å². The molecule has 1 saturated heterocycles. The van der Waals surface area contributed by atoms with Crippen LogP contribution in [0.25, 0.3) is 0 Å². The van der Waals surface area contributed by atoms with Crippen LogP contribution in [0.15, 0.2) is 17.1 Å². The number of aromatic nitrogens is 2. The van der Waals surface area contributed by atoms with E-state index in [2.05, 4.69) is 4.98 Å². The molecule has 0 aromatic carbocycles. The van der Waals surface area contributed by atoms with Gasteiger partial charge < -0.3 is 30.9 Å². The number of nitrogens with two attached hydrogens (primary N) is 1. The van der Waals surface area contributed by atoms with Crippen molar-refractivity contribution in [3.63, 3.8) is 0 Å². The van der Waals surface area contributed by atoms with Crippen molar-refractivity contribution in [1.82, 2.24) is 9.55 Å². The third kappa shape index (κ3) is 2.37. The minimum atomic E-state index is -2.61. The van der Waals surface area contributed by atoms with Gasteiger partial charge in [-0.05, 0) is 6.07 Å². The summed E-state index contributed by atoms with van der Waals surface area (Å²) in [5.74, 6) is -0.0594. The molecule has 5 atom stereocenters. The molecule has 0 bridgehead atoms. The van der Waals surface area contributed by atoms with Gasteiger partial charge in [-0.2, -0.15) is 10.2 Å². The average Bonchev–Trinajstić information content (AvgIpc) is 2.46. The molecular weight excluding hydrogens is 284 g/mol. The maximum atomic E-state index is 11.8. The van der Waals surface area contributed by atoms with E-state index in [0.29, 0.717) is 0 Å². The van der Waals surface area contributed by atoms with Gasteiger partial charge in [0.25, 0.3) is 0 Å². The van der Waals surface area contributed by atoms with Gasteiger partial charge in [0.1, 0.15) is 30.2 Å². The fraction of sp³-hybridized carbons (Fsp3) is 0.545.